The van der Waals surface area contributed by atoms with Gasteiger partial charge >= 0.3 is 5.97 Å². The third-order valence-corrected chi connectivity index (χ3v) is 3.28. The number of rotatable bonds is 3. The molecule has 0 aromatic rings. The molecular weight excluding hydrogens is 250 g/mol. The van der Waals surface area contributed by atoms with E-state index in [9.17, 15) is 14.4 Å². The topological polar surface area (TPSA) is 72.9 Å². The Morgan fingerprint density at radius 3 is 2.63 bits per heavy atom. The van der Waals surface area contributed by atoms with Crippen LogP contribution in [-0.2, 0) is 23.9 Å². The standard InChI is InChI=1S/C13H15NO5/c1-18-12-7-10(15)9(6-11(12)16)14-5-3-4-8(14)13(17)19-2/h6-8H,3-5H2,1-2H3. The first-order valence-corrected chi connectivity index (χ1v) is 5.99. The predicted molar refractivity (Wildman–Crippen MR) is 64.9 cm³/mol. The van der Waals surface area contributed by atoms with Gasteiger partial charge < -0.3 is 14.4 Å². The van der Waals surface area contributed by atoms with Gasteiger partial charge in [0.25, 0.3) is 0 Å². The maximum Gasteiger partial charge on any atom is 0.328 e. The molecule has 0 radical (unpaired) electrons. The number of esters is 1. The molecule has 0 aromatic heterocycles. The third kappa shape index (κ3) is 2.38. The van der Waals surface area contributed by atoms with Crippen LogP contribution in [-0.4, -0.2) is 49.2 Å². The molecule has 2 rings (SSSR count). The lowest BCUT2D eigenvalue weighted by molar-refractivity contribution is -0.145. The van der Waals surface area contributed by atoms with Crippen LogP contribution in [0.4, 0.5) is 0 Å². The van der Waals surface area contributed by atoms with Crippen LogP contribution in [0.15, 0.2) is 23.6 Å². The molecule has 1 aliphatic heterocycles. The summed E-state index contributed by atoms with van der Waals surface area (Å²) in [6.07, 6.45) is 3.78. The van der Waals surface area contributed by atoms with Crippen molar-refractivity contribution in [3.8, 4) is 0 Å². The molecule has 1 heterocycles. The number of nitrogens with zero attached hydrogens (tertiary/aromatic N) is 1. The summed E-state index contributed by atoms with van der Waals surface area (Å²) in [6.45, 7) is 0.556. The SMILES string of the molecule is COC(=O)C1CCCN1C1=CC(=O)C(OC)=CC1=O. The van der Waals surface area contributed by atoms with Crippen LogP contribution in [0.3, 0.4) is 0 Å². The number of allylic oxidation sites excluding steroid dienone is 2. The first-order chi connectivity index (χ1) is 9.08. The highest BCUT2D eigenvalue weighted by molar-refractivity contribution is 6.18. The summed E-state index contributed by atoms with van der Waals surface area (Å²) in [7, 11) is 2.65. The molecule has 0 aromatic carbocycles. The number of hydrogen-bond acceptors (Lipinski definition) is 6. The van der Waals surface area contributed by atoms with Crippen molar-refractivity contribution in [2.45, 2.75) is 18.9 Å². The summed E-state index contributed by atoms with van der Waals surface area (Å²) >= 11 is 0. The van der Waals surface area contributed by atoms with Gasteiger partial charge in [0.15, 0.2) is 5.76 Å². The molecule has 6 nitrogen and oxygen atoms in total. The molecular formula is C13H15NO5. The molecule has 1 atom stereocenters. The van der Waals surface area contributed by atoms with E-state index in [-0.39, 0.29) is 29.0 Å². The highest BCUT2D eigenvalue weighted by Gasteiger charge is 2.36. The fourth-order valence-corrected chi connectivity index (χ4v) is 2.35. The Labute approximate surface area is 110 Å². The lowest BCUT2D eigenvalue weighted by Crippen LogP contribution is -2.39. The Hall–Kier alpha value is -2.11. The number of carbonyl (C=O) groups is 3. The van der Waals surface area contributed by atoms with E-state index >= 15 is 0 Å². The van der Waals surface area contributed by atoms with E-state index in [1.807, 2.05) is 0 Å². The van der Waals surface area contributed by atoms with Crippen molar-refractivity contribution in [3.05, 3.63) is 23.6 Å². The first-order valence-electron chi connectivity index (χ1n) is 5.99. The number of ketones is 2. The Balaban J connectivity index is 2.25. The average molecular weight is 265 g/mol. The van der Waals surface area contributed by atoms with E-state index in [1.54, 1.807) is 4.90 Å². The van der Waals surface area contributed by atoms with Gasteiger partial charge in [0.1, 0.15) is 6.04 Å². The van der Waals surface area contributed by atoms with Crippen molar-refractivity contribution in [2.75, 3.05) is 20.8 Å². The fraction of sp³-hybridized carbons (Fsp3) is 0.462. The molecule has 19 heavy (non-hydrogen) atoms. The molecule has 6 heteroatoms. The summed E-state index contributed by atoms with van der Waals surface area (Å²) in [5.41, 5.74) is 0.235. The molecule has 0 amide bonds. The highest BCUT2D eigenvalue weighted by atomic mass is 16.5. The lowest BCUT2D eigenvalue weighted by Gasteiger charge is -2.27. The molecule has 1 unspecified atom stereocenters. The molecule has 102 valence electrons. The summed E-state index contributed by atoms with van der Waals surface area (Å²) in [6, 6.07) is -0.495. The monoisotopic (exact) mass is 265 g/mol. The zero-order chi connectivity index (χ0) is 14.0. The minimum atomic E-state index is -0.495. The van der Waals surface area contributed by atoms with Crippen molar-refractivity contribution in [1.29, 1.82) is 0 Å². The van der Waals surface area contributed by atoms with E-state index < -0.39 is 6.04 Å². The van der Waals surface area contributed by atoms with Crippen molar-refractivity contribution < 1.29 is 23.9 Å². The van der Waals surface area contributed by atoms with Gasteiger partial charge in [-0.2, -0.15) is 0 Å². The Morgan fingerprint density at radius 1 is 1.26 bits per heavy atom. The van der Waals surface area contributed by atoms with Crippen molar-refractivity contribution in [2.24, 2.45) is 0 Å². The number of hydrogen-bond donors (Lipinski definition) is 0. The normalized spacial score (nSPS) is 23.1. The van der Waals surface area contributed by atoms with Crippen LogP contribution in [0.25, 0.3) is 0 Å². The minimum Gasteiger partial charge on any atom is -0.493 e. The van der Waals surface area contributed by atoms with Crippen LogP contribution in [0.5, 0.6) is 0 Å². The van der Waals surface area contributed by atoms with E-state index in [0.717, 1.165) is 12.5 Å². The Kier molecular flexibility index (Phi) is 3.69. The third-order valence-electron chi connectivity index (χ3n) is 3.28. The molecule has 1 fully saturated rings. The second-order valence-corrected chi connectivity index (χ2v) is 4.35. The minimum absolute atomic E-state index is 0.0163. The van der Waals surface area contributed by atoms with Gasteiger partial charge in [-0.15, -0.1) is 0 Å². The van der Waals surface area contributed by atoms with Gasteiger partial charge in [0, 0.05) is 18.7 Å². The Bertz CT molecular complexity index is 491. The van der Waals surface area contributed by atoms with E-state index in [1.165, 1.54) is 20.3 Å². The number of carbonyl (C=O) groups excluding carboxylic acids is 3. The summed E-state index contributed by atoms with van der Waals surface area (Å²) in [4.78, 5) is 37.0. The van der Waals surface area contributed by atoms with Crippen LogP contribution >= 0.6 is 0 Å². The van der Waals surface area contributed by atoms with Gasteiger partial charge in [-0.05, 0) is 12.8 Å². The van der Waals surface area contributed by atoms with Crippen LogP contribution in [0, 0.1) is 0 Å². The smallest absolute Gasteiger partial charge is 0.328 e. The number of likely N-dealkylation sites (tertiary alicyclic amines) is 1. The molecule has 2 aliphatic rings. The van der Waals surface area contributed by atoms with Crippen molar-refractivity contribution in [3.63, 3.8) is 0 Å². The van der Waals surface area contributed by atoms with E-state index in [2.05, 4.69) is 0 Å². The first kappa shape index (κ1) is 13.3. The molecule has 1 saturated heterocycles. The second kappa shape index (κ2) is 5.26. The van der Waals surface area contributed by atoms with E-state index in [4.69, 9.17) is 9.47 Å². The zero-order valence-electron chi connectivity index (χ0n) is 10.8. The van der Waals surface area contributed by atoms with Crippen LogP contribution in [0.1, 0.15) is 12.8 Å². The summed E-state index contributed by atoms with van der Waals surface area (Å²) < 4.78 is 9.53. The van der Waals surface area contributed by atoms with Gasteiger partial charge in [0.2, 0.25) is 11.6 Å². The highest BCUT2D eigenvalue weighted by Crippen LogP contribution is 2.26. The summed E-state index contributed by atoms with van der Waals surface area (Å²) in [5, 5.41) is 0. The van der Waals surface area contributed by atoms with E-state index in [0.29, 0.717) is 13.0 Å². The predicted octanol–water partition coefficient (Wildman–Crippen LogP) is 0.190. The average Bonchev–Trinajstić information content (AvgIpc) is 2.89. The number of methoxy groups -OCH3 is 2. The van der Waals surface area contributed by atoms with Crippen LogP contribution in [0.2, 0.25) is 0 Å². The largest absolute Gasteiger partial charge is 0.493 e. The summed E-state index contributed by atoms with van der Waals surface area (Å²) in [5.74, 6) is -1.07. The van der Waals surface area contributed by atoms with Crippen molar-refractivity contribution >= 4 is 17.5 Å². The number of ether oxygens (including phenoxy) is 2. The maximum atomic E-state index is 12.0. The molecule has 0 bridgehead atoms. The van der Waals surface area contributed by atoms with Gasteiger partial charge in [-0.3, -0.25) is 9.59 Å². The molecule has 0 saturated carbocycles. The Morgan fingerprint density at radius 2 is 2.00 bits per heavy atom. The molecule has 0 N–H and O–H groups in total. The lowest BCUT2D eigenvalue weighted by atomic mass is 10.1. The second-order valence-electron chi connectivity index (χ2n) is 4.35. The van der Waals surface area contributed by atoms with Gasteiger partial charge in [-0.25, -0.2) is 4.79 Å². The van der Waals surface area contributed by atoms with Gasteiger partial charge in [-0.1, -0.05) is 0 Å². The quantitative estimate of drug-likeness (QED) is 0.536. The molecule has 1 aliphatic carbocycles. The maximum absolute atomic E-state index is 12.0. The zero-order valence-corrected chi connectivity index (χ0v) is 10.8. The van der Waals surface area contributed by atoms with Crippen molar-refractivity contribution in [1.82, 2.24) is 4.90 Å². The van der Waals surface area contributed by atoms with Gasteiger partial charge in [0.05, 0.1) is 19.9 Å². The molecule has 0 spiro atoms. The van der Waals surface area contributed by atoms with Crippen LogP contribution < -0.4 is 0 Å². The fourth-order valence-electron chi connectivity index (χ4n) is 2.35.